The zero-order valence-electron chi connectivity index (χ0n) is 19.7. The molecule has 2 bridgehead atoms. The van der Waals surface area contributed by atoms with Crippen LogP contribution in [0.5, 0.6) is 0 Å². The van der Waals surface area contributed by atoms with E-state index in [2.05, 4.69) is 4.90 Å². The largest absolute Gasteiger partial charge is 0.385 e. The molecule has 3 aromatic carbocycles. The van der Waals surface area contributed by atoms with E-state index in [-0.39, 0.29) is 29.6 Å². The van der Waals surface area contributed by atoms with Crippen molar-refractivity contribution in [2.75, 3.05) is 6.54 Å². The number of aliphatic hydroxyl groups is 1. The van der Waals surface area contributed by atoms with Gasteiger partial charge < -0.3 is 5.11 Å². The van der Waals surface area contributed by atoms with Crippen LogP contribution in [0, 0.1) is 11.6 Å². The Morgan fingerprint density at radius 1 is 0.886 bits per heavy atom. The lowest BCUT2D eigenvalue weighted by Gasteiger charge is -2.44. The Hall–Kier alpha value is -2.89. The quantitative estimate of drug-likeness (QED) is 0.394. The van der Waals surface area contributed by atoms with Crippen LogP contribution in [0.15, 0.2) is 72.8 Å². The second-order valence-corrected chi connectivity index (χ2v) is 10.1. The molecule has 182 valence electrons. The van der Waals surface area contributed by atoms with Gasteiger partial charge in [0.05, 0.1) is 5.60 Å². The smallest absolute Gasteiger partial charge is 0.150 e. The average Bonchev–Trinajstić information content (AvgIpc) is 3.12. The highest BCUT2D eigenvalue weighted by Crippen LogP contribution is 2.46. The minimum Gasteiger partial charge on any atom is -0.385 e. The van der Waals surface area contributed by atoms with Crippen LogP contribution in [-0.2, 0) is 5.60 Å². The van der Waals surface area contributed by atoms with Crippen LogP contribution in [0.2, 0.25) is 0 Å². The van der Waals surface area contributed by atoms with Gasteiger partial charge >= 0.3 is 0 Å². The topological polar surface area (TPSA) is 40.5 Å². The predicted octanol–water partition coefficient (Wildman–Crippen LogP) is 6.20. The molecular weight excluding hydrogens is 444 g/mol. The average molecular weight is 476 g/mol. The highest BCUT2D eigenvalue weighted by molar-refractivity contribution is 5.77. The van der Waals surface area contributed by atoms with Gasteiger partial charge in [0.2, 0.25) is 0 Å². The molecule has 35 heavy (non-hydrogen) atoms. The summed E-state index contributed by atoms with van der Waals surface area (Å²) >= 11 is 0. The van der Waals surface area contributed by atoms with Crippen molar-refractivity contribution in [3.05, 3.63) is 107 Å². The third kappa shape index (κ3) is 4.93. The van der Waals surface area contributed by atoms with Crippen molar-refractivity contribution in [1.29, 1.82) is 0 Å². The first-order chi connectivity index (χ1) is 17.0. The van der Waals surface area contributed by atoms with Crippen molar-refractivity contribution in [2.45, 2.75) is 62.1 Å². The van der Waals surface area contributed by atoms with Crippen molar-refractivity contribution in [1.82, 2.24) is 4.90 Å². The fraction of sp³-hybridized carbons (Fsp3) is 0.367. The number of carbonyl (C=O) groups is 1. The van der Waals surface area contributed by atoms with E-state index >= 15 is 0 Å². The molecule has 0 aliphatic carbocycles. The van der Waals surface area contributed by atoms with Crippen LogP contribution < -0.4 is 0 Å². The zero-order chi connectivity index (χ0) is 24.4. The van der Waals surface area contributed by atoms with E-state index in [0.717, 1.165) is 55.2 Å². The fourth-order valence-electron chi connectivity index (χ4n) is 6.32. The first kappa shape index (κ1) is 23.8. The van der Waals surface area contributed by atoms with E-state index in [1.54, 1.807) is 6.07 Å². The van der Waals surface area contributed by atoms with Crippen molar-refractivity contribution < 1.29 is 18.7 Å². The first-order valence-electron chi connectivity index (χ1n) is 12.5. The van der Waals surface area contributed by atoms with E-state index in [4.69, 9.17) is 0 Å². The summed E-state index contributed by atoms with van der Waals surface area (Å²) in [5.41, 5.74) is 2.41. The molecule has 2 fully saturated rings. The predicted molar refractivity (Wildman–Crippen MR) is 132 cm³/mol. The maximum atomic E-state index is 13.5. The summed E-state index contributed by atoms with van der Waals surface area (Å²) in [6.45, 7) is 0.916. The molecule has 3 aromatic rings. The molecule has 5 heteroatoms. The van der Waals surface area contributed by atoms with Gasteiger partial charge in [0.1, 0.15) is 17.9 Å². The summed E-state index contributed by atoms with van der Waals surface area (Å²) in [5, 5.41) is 11.6. The maximum absolute atomic E-state index is 13.5. The highest BCUT2D eigenvalue weighted by Gasteiger charge is 2.48. The van der Waals surface area contributed by atoms with E-state index in [1.807, 2.05) is 42.5 Å². The second kappa shape index (κ2) is 10.00. The third-order valence-corrected chi connectivity index (χ3v) is 7.96. The minimum absolute atomic E-state index is 0.0649. The number of nitrogens with zero attached hydrogens (tertiary/aromatic N) is 1. The molecule has 2 saturated heterocycles. The summed E-state index contributed by atoms with van der Waals surface area (Å²) in [5.74, 6) is -0.463. The van der Waals surface area contributed by atoms with Crippen LogP contribution in [0.25, 0.3) is 0 Å². The lowest BCUT2D eigenvalue weighted by atomic mass is 9.78. The monoisotopic (exact) mass is 475 g/mol. The van der Waals surface area contributed by atoms with E-state index in [9.17, 15) is 18.7 Å². The molecule has 2 aliphatic heterocycles. The summed E-state index contributed by atoms with van der Waals surface area (Å²) in [6.07, 6.45) is 6.01. The van der Waals surface area contributed by atoms with Gasteiger partial charge in [0.15, 0.2) is 0 Å². The van der Waals surface area contributed by atoms with Gasteiger partial charge in [-0.25, -0.2) is 8.78 Å². The van der Waals surface area contributed by atoms with E-state index < -0.39 is 5.60 Å². The van der Waals surface area contributed by atoms with Gasteiger partial charge in [0.25, 0.3) is 0 Å². The number of benzene rings is 3. The lowest BCUT2D eigenvalue weighted by Crippen LogP contribution is -2.50. The number of rotatable bonds is 8. The van der Waals surface area contributed by atoms with Crippen LogP contribution in [-0.4, -0.2) is 34.9 Å². The summed E-state index contributed by atoms with van der Waals surface area (Å²) < 4.78 is 27.1. The van der Waals surface area contributed by atoms with Gasteiger partial charge in [-0.2, -0.15) is 0 Å². The van der Waals surface area contributed by atoms with Gasteiger partial charge in [-0.1, -0.05) is 48.5 Å². The molecule has 0 spiro atoms. The zero-order valence-corrected chi connectivity index (χ0v) is 19.7. The molecule has 3 nitrogen and oxygen atoms in total. The van der Waals surface area contributed by atoms with Gasteiger partial charge in [-0.15, -0.1) is 0 Å². The SMILES string of the molecule is O=Cc1ccccc1C1(O)CC2CCC(C1)N2CCCC(c1ccc(F)cc1)c1ccc(F)cc1. The lowest BCUT2D eigenvalue weighted by molar-refractivity contribution is -0.0574. The van der Waals surface area contributed by atoms with E-state index in [1.165, 1.54) is 24.3 Å². The normalized spacial score (nSPS) is 24.1. The van der Waals surface area contributed by atoms with Crippen LogP contribution in [0.1, 0.15) is 71.5 Å². The summed E-state index contributed by atoms with van der Waals surface area (Å²) in [7, 11) is 0. The molecule has 0 aromatic heterocycles. The Morgan fingerprint density at radius 2 is 1.43 bits per heavy atom. The molecular formula is C30H31F2NO2. The minimum atomic E-state index is -0.968. The first-order valence-corrected chi connectivity index (χ1v) is 12.5. The van der Waals surface area contributed by atoms with Crippen molar-refractivity contribution in [2.24, 2.45) is 0 Å². The van der Waals surface area contributed by atoms with Crippen molar-refractivity contribution in [3.63, 3.8) is 0 Å². The Labute approximate surface area is 205 Å². The van der Waals surface area contributed by atoms with E-state index in [0.29, 0.717) is 18.4 Å². The molecule has 2 atom stereocenters. The number of piperidine rings is 1. The molecule has 1 N–H and O–H groups in total. The molecule has 2 heterocycles. The second-order valence-electron chi connectivity index (χ2n) is 10.1. The van der Waals surface area contributed by atoms with Gasteiger partial charge in [0, 0.05) is 23.6 Å². The summed E-state index contributed by atoms with van der Waals surface area (Å²) in [4.78, 5) is 14.1. The van der Waals surface area contributed by atoms with Gasteiger partial charge in [-0.3, -0.25) is 9.69 Å². The van der Waals surface area contributed by atoms with Crippen LogP contribution in [0.3, 0.4) is 0 Å². The number of halogens is 2. The maximum Gasteiger partial charge on any atom is 0.150 e. The number of carbonyl (C=O) groups excluding carboxylic acids is 1. The Bertz CT molecular complexity index is 1100. The fourth-order valence-corrected chi connectivity index (χ4v) is 6.32. The Morgan fingerprint density at radius 3 is 1.97 bits per heavy atom. The Kier molecular flexibility index (Phi) is 6.81. The standard InChI is InChI=1S/C30H31F2NO2/c31-24-11-7-21(8-12-24)28(22-9-13-25(32)14-10-22)5-3-17-33-26-15-16-27(33)19-30(35,18-26)29-6-2-1-4-23(29)20-34/h1-2,4,6-14,20,26-28,35H,3,5,15-19H2. The van der Waals surface area contributed by atoms with Crippen molar-refractivity contribution >= 4 is 6.29 Å². The molecule has 2 unspecified atom stereocenters. The van der Waals surface area contributed by atoms with Crippen LogP contribution in [0.4, 0.5) is 8.78 Å². The van der Waals surface area contributed by atoms with Crippen molar-refractivity contribution in [3.8, 4) is 0 Å². The van der Waals surface area contributed by atoms with Gasteiger partial charge in [-0.05, 0) is 86.0 Å². The molecule has 0 saturated carbocycles. The molecule has 0 radical (unpaired) electrons. The highest BCUT2D eigenvalue weighted by atomic mass is 19.1. The van der Waals surface area contributed by atoms with Crippen LogP contribution >= 0.6 is 0 Å². The molecule has 2 aliphatic rings. The number of aldehydes is 1. The Balaban J connectivity index is 1.28. The number of hydrogen-bond acceptors (Lipinski definition) is 3. The molecule has 0 amide bonds. The summed E-state index contributed by atoms with van der Waals surface area (Å²) in [6, 6.07) is 21.1. The number of hydrogen-bond donors (Lipinski definition) is 1. The molecule has 5 rings (SSSR count). The number of fused-ring (bicyclic) bond motifs is 2. The third-order valence-electron chi connectivity index (χ3n) is 7.96.